The highest BCUT2D eigenvalue weighted by molar-refractivity contribution is 9.10. The highest BCUT2D eigenvalue weighted by Gasteiger charge is 2.03. The third-order valence-corrected chi connectivity index (χ3v) is 3.04. The van der Waals surface area contributed by atoms with E-state index in [0.717, 1.165) is 49.2 Å². The summed E-state index contributed by atoms with van der Waals surface area (Å²) in [5, 5.41) is 6.41. The molecule has 1 aromatic heterocycles. The third kappa shape index (κ3) is 6.73. The van der Waals surface area contributed by atoms with Gasteiger partial charge >= 0.3 is 0 Å². The van der Waals surface area contributed by atoms with Crippen LogP contribution in [0.5, 0.6) is 0 Å². The molecular formula is C13H23BrN4O. The summed E-state index contributed by atoms with van der Waals surface area (Å²) < 4.78 is 6.36. The minimum Gasteiger partial charge on any atom is -0.380 e. The van der Waals surface area contributed by atoms with Crippen LogP contribution in [0.2, 0.25) is 0 Å². The Balaban J connectivity index is 2.34. The molecule has 0 unspecified atom stereocenters. The van der Waals surface area contributed by atoms with E-state index in [9.17, 15) is 0 Å². The monoisotopic (exact) mass is 330 g/mol. The molecule has 0 radical (unpaired) electrons. The molecule has 0 bridgehead atoms. The summed E-state index contributed by atoms with van der Waals surface area (Å²) in [4.78, 5) is 8.61. The first-order chi connectivity index (χ1) is 9.27. The molecule has 1 aromatic rings. The van der Waals surface area contributed by atoms with Crippen molar-refractivity contribution < 1.29 is 4.74 Å². The van der Waals surface area contributed by atoms with Gasteiger partial charge in [-0.2, -0.15) is 4.98 Å². The van der Waals surface area contributed by atoms with Crippen molar-refractivity contribution >= 4 is 27.7 Å². The summed E-state index contributed by atoms with van der Waals surface area (Å²) >= 11 is 3.44. The molecule has 19 heavy (non-hydrogen) atoms. The molecule has 0 saturated heterocycles. The maximum atomic E-state index is 5.49. The van der Waals surface area contributed by atoms with Crippen LogP contribution in [0.3, 0.4) is 0 Å². The zero-order chi connectivity index (χ0) is 13.9. The molecule has 0 aliphatic carbocycles. The van der Waals surface area contributed by atoms with E-state index in [2.05, 4.69) is 50.4 Å². The van der Waals surface area contributed by atoms with Gasteiger partial charge in [0.2, 0.25) is 5.95 Å². The predicted octanol–water partition coefficient (Wildman–Crippen LogP) is 3.29. The molecule has 0 aliphatic rings. The largest absolute Gasteiger partial charge is 0.380 e. The van der Waals surface area contributed by atoms with Gasteiger partial charge in [0.15, 0.2) is 0 Å². The SMILES string of the molecule is CCCCOCCNc1nc(NCCC)ncc1Br. The van der Waals surface area contributed by atoms with Crippen molar-refractivity contribution in [2.45, 2.75) is 33.1 Å². The van der Waals surface area contributed by atoms with Gasteiger partial charge in [0.25, 0.3) is 0 Å². The minimum absolute atomic E-state index is 0.652. The van der Waals surface area contributed by atoms with Gasteiger partial charge in [0, 0.05) is 25.9 Å². The maximum Gasteiger partial charge on any atom is 0.224 e. The van der Waals surface area contributed by atoms with Crippen LogP contribution >= 0.6 is 15.9 Å². The molecule has 1 heterocycles. The zero-order valence-corrected chi connectivity index (χ0v) is 13.3. The standard InChI is InChI=1S/C13H23BrN4O/c1-3-5-8-19-9-7-15-12-11(14)10-17-13(18-12)16-6-4-2/h10H,3-9H2,1-2H3,(H2,15,16,17,18). The lowest BCUT2D eigenvalue weighted by molar-refractivity contribution is 0.141. The summed E-state index contributed by atoms with van der Waals surface area (Å²) in [7, 11) is 0. The Bertz CT molecular complexity index is 362. The van der Waals surface area contributed by atoms with Crippen LogP contribution < -0.4 is 10.6 Å². The van der Waals surface area contributed by atoms with Gasteiger partial charge in [-0.3, -0.25) is 0 Å². The van der Waals surface area contributed by atoms with Gasteiger partial charge in [0.1, 0.15) is 5.82 Å². The molecule has 0 fully saturated rings. The Morgan fingerprint density at radius 2 is 2.00 bits per heavy atom. The van der Waals surface area contributed by atoms with Gasteiger partial charge in [-0.15, -0.1) is 0 Å². The van der Waals surface area contributed by atoms with Crippen LogP contribution in [0.15, 0.2) is 10.7 Å². The van der Waals surface area contributed by atoms with E-state index in [4.69, 9.17) is 4.74 Å². The zero-order valence-electron chi connectivity index (χ0n) is 11.7. The lowest BCUT2D eigenvalue weighted by Crippen LogP contribution is -2.13. The van der Waals surface area contributed by atoms with Crippen molar-refractivity contribution in [3.63, 3.8) is 0 Å². The second-order valence-corrected chi connectivity index (χ2v) is 5.06. The molecule has 0 aromatic carbocycles. The number of rotatable bonds is 10. The maximum absolute atomic E-state index is 5.49. The first-order valence-electron chi connectivity index (χ1n) is 6.86. The number of halogens is 1. The van der Waals surface area contributed by atoms with E-state index in [1.54, 1.807) is 6.20 Å². The van der Waals surface area contributed by atoms with Gasteiger partial charge in [-0.1, -0.05) is 20.3 Å². The highest BCUT2D eigenvalue weighted by atomic mass is 79.9. The highest BCUT2D eigenvalue weighted by Crippen LogP contribution is 2.19. The van der Waals surface area contributed by atoms with Crippen LogP contribution in [0.1, 0.15) is 33.1 Å². The van der Waals surface area contributed by atoms with E-state index in [1.165, 1.54) is 0 Å². The number of anilines is 2. The van der Waals surface area contributed by atoms with Crippen LogP contribution in [0.4, 0.5) is 11.8 Å². The van der Waals surface area contributed by atoms with Crippen molar-refractivity contribution in [1.82, 2.24) is 9.97 Å². The van der Waals surface area contributed by atoms with Gasteiger partial charge in [-0.05, 0) is 28.8 Å². The lowest BCUT2D eigenvalue weighted by Gasteiger charge is -2.10. The van der Waals surface area contributed by atoms with Crippen molar-refractivity contribution in [2.24, 2.45) is 0 Å². The average Bonchev–Trinajstić information content (AvgIpc) is 2.43. The second kappa shape index (κ2) is 9.97. The third-order valence-electron chi connectivity index (χ3n) is 2.46. The normalized spacial score (nSPS) is 10.5. The fourth-order valence-electron chi connectivity index (χ4n) is 1.40. The first-order valence-corrected chi connectivity index (χ1v) is 7.65. The Kier molecular flexibility index (Phi) is 8.49. The molecule has 6 heteroatoms. The fraction of sp³-hybridized carbons (Fsp3) is 0.692. The first kappa shape index (κ1) is 16.2. The van der Waals surface area contributed by atoms with Crippen LogP contribution in [-0.2, 0) is 4.74 Å². The molecule has 0 aliphatic heterocycles. The summed E-state index contributed by atoms with van der Waals surface area (Å²) in [6.45, 7) is 7.40. The Labute approximate surface area is 123 Å². The minimum atomic E-state index is 0.652. The van der Waals surface area contributed by atoms with Gasteiger partial charge in [0.05, 0.1) is 11.1 Å². The molecule has 0 atom stereocenters. The van der Waals surface area contributed by atoms with Crippen LogP contribution in [0, 0.1) is 0 Å². The lowest BCUT2D eigenvalue weighted by atomic mass is 10.4. The average molecular weight is 331 g/mol. The van der Waals surface area contributed by atoms with E-state index >= 15 is 0 Å². The van der Waals surface area contributed by atoms with Crippen molar-refractivity contribution in [1.29, 1.82) is 0 Å². The summed E-state index contributed by atoms with van der Waals surface area (Å²) in [5.41, 5.74) is 0. The van der Waals surface area contributed by atoms with Gasteiger partial charge < -0.3 is 15.4 Å². The Morgan fingerprint density at radius 1 is 1.16 bits per heavy atom. The van der Waals surface area contributed by atoms with Crippen LogP contribution in [-0.4, -0.2) is 36.3 Å². The molecule has 1 rings (SSSR count). The number of hydrogen-bond acceptors (Lipinski definition) is 5. The fourth-order valence-corrected chi connectivity index (χ4v) is 1.73. The van der Waals surface area contributed by atoms with Crippen LogP contribution in [0.25, 0.3) is 0 Å². The number of unbranched alkanes of at least 4 members (excludes halogenated alkanes) is 1. The van der Waals surface area contributed by atoms with E-state index < -0.39 is 0 Å². The Hall–Kier alpha value is -0.880. The number of ether oxygens (including phenoxy) is 1. The molecule has 0 amide bonds. The molecule has 0 spiro atoms. The molecule has 108 valence electrons. The van der Waals surface area contributed by atoms with Gasteiger partial charge in [-0.25, -0.2) is 4.98 Å². The van der Waals surface area contributed by atoms with E-state index in [1.807, 2.05) is 0 Å². The molecular weight excluding hydrogens is 308 g/mol. The van der Waals surface area contributed by atoms with E-state index in [0.29, 0.717) is 12.6 Å². The second-order valence-electron chi connectivity index (χ2n) is 4.21. The quantitative estimate of drug-likeness (QED) is 0.644. The van der Waals surface area contributed by atoms with Crippen molar-refractivity contribution in [2.75, 3.05) is 36.9 Å². The smallest absolute Gasteiger partial charge is 0.224 e. The molecule has 0 saturated carbocycles. The van der Waals surface area contributed by atoms with Crippen molar-refractivity contribution in [3.05, 3.63) is 10.7 Å². The van der Waals surface area contributed by atoms with Crippen molar-refractivity contribution in [3.8, 4) is 0 Å². The number of nitrogens with one attached hydrogen (secondary N) is 2. The molecule has 2 N–H and O–H groups in total. The summed E-state index contributed by atoms with van der Waals surface area (Å²) in [6, 6.07) is 0. The number of hydrogen-bond donors (Lipinski definition) is 2. The Morgan fingerprint density at radius 3 is 2.74 bits per heavy atom. The number of nitrogens with zero attached hydrogens (tertiary/aromatic N) is 2. The predicted molar refractivity (Wildman–Crippen MR) is 82.7 cm³/mol. The summed E-state index contributed by atoms with van der Waals surface area (Å²) in [5.74, 6) is 1.45. The van der Waals surface area contributed by atoms with E-state index in [-0.39, 0.29) is 0 Å². The molecule has 5 nitrogen and oxygen atoms in total. The summed E-state index contributed by atoms with van der Waals surface area (Å²) in [6.07, 6.45) is 5.08. The topological polar surface area (TPSA) is 59.1 Å². The number of aromatic nitrogens is 2.